The summed E-state index contributed by atoms with van der Waals surface area (Å²) in [5.41, 5.74) is -1.51. The molecule has 2 aliphatic rings. The molecule has 0 heterocycles. The number of ketones is 1. The number of alkyl halides is 1. The van der Waals surface area contributed by atoms with Gasteiger partial charge in [-0.1, -0.05) is 25.5 Å². The third kappa shape index (κ3) is 1.41. The van der Waals surface area contributed by atoms with Crippen LogP contribution in [0.4, 0.5) is 4.39 Å². The fourth-order valence-corrected chi connectivity index (χ4v) is 2.66. The molecule has 3 atom stereocenters. The number of rotatable bonds is 4. The van der Waals surface area contributed by atoms with E-state index in [1.54, 1.807) is 0 Å². The van der Waals surface area contributed by atoms with Gasteiger partial charge in [0.05, 0.1) is 0 Å². The topological polar surface area (TPSA) is 17.1 Å². The largest absolute Gasteiger partial charge is 0.296 e. The third-order valence-corrected chi connectivity index (χ3v) is 3.54. The van der Waals surface area contributed by atoms with Crippen LogP contribution in [0.2, 0.25) is 0 Å². The van der Waals surface area contributed by atoms with Crippen LogP contribution in [-0.4, -0.2) is 11.5 Å². The summed E-state index contributed by atoms with van der Waals surface area (Å²) in [7, 11) is 0. The maximum absolute atomic E-state index is 14.3. The quantitative estimate of drug-likeness (QED) is 0.631. The fraction of sp³-hybridized carbons (Fsp3) is 0.750. The van der Waals surface area contributed by atoms with Gasteiger partial charge in [-0.15, -0.1) is 0 Å². The van der Waals surface area contributed by atoms with Crippen molar-refractivity contribution in [2.24, 2.45) is 11.8 Å². The number of carbonyl (C=O) groups excluding carboxylic acids is 1. The Labute approximate surface area is 84.4 Å². The standard InChI is InChI=1S/C12H17FO/c1-2-3-4-11(14)12(13)8-9-5-6-10(12)7-9/h5-6,9-10H,2-4,7-8H2,1H3/t9-,10+,12?/m0/s1. The van der Waals surface area contributed by atoms with Crippen LogP contribution in [0, 0.1) is 11.8 Å². The van der Waals surface area contributed by atoms with E-state index in [0.717, 1.165) is 19.3 Å². The molecule has 78 valence electrons. The van der Waals surface area contributed by atoms with E-state index in [-0.39, 0.29) is 11.7 Å². The van der Waals surface area contributed by atoms with E-state index >= 15 is 0 Å². The number of allylic oxidation sites excluding steroid dienone is 2. The zero-order valence-corrected chi connectivity index (χ0v) is 8.63. The zero-order valence-electron chi connectivity index (χ0n) is 8.63. The predicted molar refractivity (Wildman–Crippen MR) is 53.7 cm³/mol. The third-order valence-electron chi connectivity index (χ3n) is 3.54. The first-order chi connectivity index (χ1) is 6.66. The number of halogens is 1. The summed E-state index contributed by atoms with van der Waals surface area (Å²) in [6.07, 6.45) is 7.47. The molecule has 2 bridgehead atoms. The van der Waals surface area contributed by atoms with E-state index in [4.69, 9.17) is 0 Å². The minimum Gasteiger partial charge on any atom is -0.296 e. The first-order valence-electron chi connectivity index (χ1n) is 5.57. The SMILES string of the molecule is CCCCC(=O)C1(F)C[C@H]2C=C[C@@H]1C2. The van der Waals surface area contributed by atoms with Gasteiger partial charge in [-0.3, -0.25) is 4.79 Å². The summed E-state index contributed by atoms with van der Waals surface area (Å²) in [6.45, 7) is 2.03. The van der Waals surface area contributed by atoms with Crippen molar-refractivity contribution in [1.29, 1.82) is 0 Å². The number of hydrogen-bond donors (Lipinski definition) is 0. The molecular formula is C12H17FO. The van der Waals surface area contributed by atoms with E-state index in [1.807, 2.05) is 13.0 Å². The Bertz CT molecular complexity index is 271. The molecule has 0 radical (unpaired) electrons. The Morgan fingerprint density at radius 1 is 1.57 bits per heavy atom. The molecule has 1 saturated carbocycles. The molecule has 0 aliphatic heterocycles. The molecule has 0 aromatic carbocycles. The molecule has 1 unspecified atom stereocenters. The molecule has 2 aliphatic carbocycles. The predicted octanol–water partition coefficient (Wildman–Crippen LogP) is 3.05. The van der Waals surface area contributed by atoms with Crippen LogP contribution < -0.4 is 0 Å². The van der Waals surface area contributed by atoms with Gasteiger partial charge in [-0.05, 0) is 25.2 Å². The van der Waals surface area contributed by atoms with Gasteiger partial charge >= 0.3 is 0 Å². The van der Waals surface area contributed by atoms with Crippen molar-refractivity contribution in [3.8, 4) is 0 Å². The molecule has 0 spiro atoms. The Hall–Kier alpha value is -0.660. The summed E-state index contributed by atoms with van der Waals surface area (Å²) in [4.78, 5) is 11.7. The maximum atomic E-state index is 14.3. The lowest BCUT2D eigenvalue weighted by Crippen LogP contribution is -2.37. The van der Waals surface area contributed by atoms with Crippen molar-refractivity contribution < 1.29 is 9.18 Å². The fourth-order valence-electron chi connectivity index (χ4n) is 2.66. The molecule has 1 nitrogen and oxygen atoms in total. The molecule has 0 N–H and O–H groups in total. The molecule has 1 fully saturated rings. The van der Waals surface area contributed by atoms with E-state index in [9.17, 15) is 9.18 Å². The van der Waals surface area contributed by atoms with Crippen LogP contribution in [0.5, 0.6) is 0 Å². The molecule has 0 aromatic rings. The highest BCUT2D eigenvalue weighted by Gasteiger charge is 2.53. The van der Waals surface area contributed by atoms with Gasteiger partial charge in [0, 0.05) is 12.3 Å². The van der Waals surface area contributed by atoms with Crippen molar-refractivity contribution in [2.75, 3.05) is 0 Å². The first kappa shape index (κ1) is 9.88. The lowest BCUT2D eigenvalue weighted by molar-refractivity contribution is -0.132. The van der Waals surface area contributed by atoms with Crippen molar-refractivity contribution in [3.63, 3.8) is 0 Å². The lowest BCUT2D eigenvalue weighted by atomic mass is 9.84. The van der Waals surface area contributed by atoms with E-state index in [1.165, 1.54) is 0 Å². The van der Waals surface area contributed by atoms with Gasteiger partial charge in [-0.25, -0.2) is 4.39 Å². The van der Waals surface area contributed by atoms with Crippen LogP contribution in [0.1, 0.15) is 39.0 Å². The van der Waals surface area contributed by atoms with Crippen molar-refractivity contribution in [3.05, 3.63) is 12.2 Å². The zero-order chi connectivity index (χ0) is 10.2. The van der Waals surface area contributed by atoms with Crippen LogP contribution in [0.25, 0.3) is 0 Å². The molecule has 0 amide bonds. The minimum absolute atomic E-state index is 0.114. The van der Waals surface area contributed by atoms with Crippen LogP contribution >= 0.6 is 0 Å². The van der Waals surface area contributed by atoms with Crippen LogP contribution in [0.15, 0.2) is 12.2 Å². The van der Waals surface area contributed by atoms with Crippen LogP contribution in [-0.2, 0) is 4.79 Å². The van der Waals surface area contributed by atoms with Gasteiger partial charge in [0.15, 0.2) is 11.5 Å². The summed E-state index contributed by atoms with van der Waals surface area (Å²) >= 11 is 0. The van der Waals surface area contributed by atoms with Gasteiger partial charge in [0.1, 0.15) is 0 Å². The monoisotopic (exact) mass is 196 g/mol. The first-order valence-corrected chi connectivity index (χ1v) is 5.57. The highest BCUT2D eigenvalue weighted by atomic mass is 19.1. The van der Waals surface area contributed by atoms with Gasteiger partial charge in [-0.2, -0.15) is 0 Å². The summed E-state index contributed by atoms with van der Waals surface area (Å²) in [5, 5.41) is 0. The Morgan fingerprint density at radius 2 is 2.36 bits per heavy atom. The second-order valence-electron chi connectivity index (χ2n) is 4.58. The lowest BCUT2D eigenvalue weighted by Gasteiger charge is -2.25. The number of fused-ring (bicyclic) bond motifs is 2. The van der Waals surface area contributed by atoms with Crippen LogP contribution in [0.3, 0.4) is 0 Å². The van der Waals surface area contributed by atoms with Gasteiger partial charge in [0.25, 0.3) is 0 Å². The number of hydrogen-bond acceptors (Lipinski definition) is 1. The van der Waals surface area contributed by atoms with Crippen molar-refractivity contribution in [1.82, 2.24) is 0 Å². The Morgan fingerprint density at radius 3 is 2.86 bits per heavy atom. The van der Waals surface area contributed by atoms with Gasteiger partial charge < -0.3 is 0 Å². The molecule has 0 aromatic heterocycles. The number of Topliss-reactive ketones (excluding diaryl/α,β-unsaturated/α-hetero) is 1. The normalized spacial score (nSPS) is 39.3. The second-order valence-corrected chi connectivity index (χ2v) is 4.58. The van der Waals surface area contributed by atoms with Crippen molar-refractivity contribution >= 4 is 5.78 Å². The van der Waals surface area contributed by atoms with Gasteiger partial charge in [0.2, 0.25) is 0 Å². The Kier molecular flexibility index (Phi) is 2.46. The van der Waals surface area contributed by atoms with E-state index < -0.39 is 5.67 Å². The maximum Gasteiger partial charge on any atom is 0.175 e. The Balaban J connectivity index is 2.03. The summed E-state index contributed by atoms with van der Waals surface area (Å²) < 4.78 is 14.3. The molecule has 0 saturated heterocycles. The second kappa shape index (κ2) is 3.48. The molecule has 14 heavy (non-hydrogen) atoms. The van der Waals surface area contributed by atoms with E-state index in [0.29, 0.717) is 18.8 Å². The highest BCUT2D eigenvalue weighted by molar-refractivity contribution is 5.88. The number of carbonyl (C=O) groups is 1. The minimum atomic E-state index is -1.51. The smallest absolute Gasteiger partial charge is 0.175 e. The molecule has 2 heteroatoms. The highest BCUT2D eigenvalue weighted by Crippen LogP contribution is 2.49. The molecule has 2 rings (SSSR count). The molecular weight excluding hydrogens is 179 g/mol. The average molecular weight is 196 g/mol. The average Bonchev–Trinajstić information content (AvgIpc) is 2.73. The summed E-state index contributed by atoms with van der Waals surface area (Å²) in [5.74, 6) is 0.0589. The van der Waals surface area contributed by atoms with Crippen molar-refractivity contribution in [2.45, 2.75) is 44.7 Å². The summed E-state index contributed by atoms with van der Waals surface area (Å²) in [6, 6.07) is 0. The number of unbranched alkanes of at least 4 members (excludes halogenated alkanes) is 1. The van der Waals surface area contributed by atoms with E-state index in [2.05, 4.69) is 6.08 Å².